The Morgan fingerprint density at radius 1 is 0.326 bits per heavy atom. The standard InChI is InChI=1S/C44H28N2/c1-3-9-32-25-35(15-13-29(32)7-1)43-38-11-5-6-12-39(38)44(36-16-14-30-8-2-4-10-33(30)26-36)41-27-34(17-19-40(41)43)37-18-20-42(46-28-37)31-21-23-45-24-22-31/h1-28H. The van der Waals surface area contributed by atoms with Crippen LogP contribution in [-0.4, -0.2) is 9.97 Å². The monoisotopic (exact) mass is 584 g/mol. The van der Waals surface area contributed by atoms with Crippen molar-refractivity contribution in [3.8, 4) is 44.6 Å². The normalized spacial score (nSPS) is 11.5. The van der Waals surface area contributed by atoms with E-state index in [1.54, 1.807) is 12.4 Å². The summed E-state index contributed by atoms with van der Waals surface area (Å²) in [6.45, 7) is 0. The molecule has 2 nitrogen and oxygen atoms in total. The minimum Gasteiger partial charge on any atom is -0.265 e. The average molecular weight is 585 g/mol. The van der Waals surface area contributed by atoms with Gasteiger partial charge in [-0.05, 0) is 107 Å². The van der Waals surface area contributed by atoms with Crippen LogP contribution in [0.2, 0.25) is 0 Å². The van der Waals surface area contributed by atoms with Crippen molar-refractivity contribution in [2.24, 2.45) is 0 Å². The van der Waals surface area contributed by atoms with Gasteiger partial charge in [-0.15, -0.1) is 0 Å². The lowest BCUT2D eigenvalue weighted by Gasteiger charge is -2.19. The van der Waals surface area contributed by atoms with Gasteiger partial charge in [0.2, 0.25) is 0 Å². The van der Waals surface area contributed by atoms with Crippen molar-refractivity contribution >= 4 is 43.1 Å². The molecule has 0 aliphatic rings. The molecular weight excluding hydrogens is 556 g/mol. The first kappa shape index (κ1) is 26.3. The number of pyridine rings is 2. The summed E-state index contributed by atoms with van der Waals surface area (Å²) in [5.41, 5.74) is 9.18. The fourth-order valence-corrected chi connectivity index (χ4v) is 6.93. The first-order chi connectivity index (χ1) is 22.8. The highest BCUT2D eigenvalue weighted by atomic mass is 14.7. The highest BCUT2D eigenvalue weighted by Gasteiger charge is 2.18. The number of hydrogen-bond acceptors (Lipinski definition) is 2. The molecule has 0 aliphatic heterocycles. The summed E-state index contributed by atoms with van der Waals surface area (Å²) >= 11 is 0. The van der Waals surface area contributed by atoms with Gasteiger partial charge in [0.15, 0.2) is 0 Å². The third-order valence-corrected chi connectivity index (χ3v) is 9.17. The molecule has 7 aromatic carbocycles. The lowest BCUT2D eigenvalue weighted by molar-refractivity contribution is 1.29. The molecule has 0 amide bonds. The number of nitrogens with zero attached hydrogens (tertiary/aromatic N) is 2. The summed E-state index contributed by atoms with van der Waals surface area (Å²) in [4.78, 5) is 8.99. The van der Waals surface area contributed by atoms with E-state index >= 15 is 0 Å². The van der Waals surface area contributed by atoms with E-state index in [2.05, 4.69) is 145 Å². The van der Waals surface area contributed by atoms with E-state index in [0.717, 1.165) is 22.4 Å². The Balaban J connectivity index is 1.33. The predicted molar refractivity (Wildman–Crippen MR) is 194 cm³/mol. The summed E-state index contributed by atoms with van der Waals surface area (Å²) < 4.78 is 0. The molecule has 0 unspecified atom stereocenters. The van der Waals surface area contributed by atoms with Crippen LogP contribution in [0.3, 0.4) is 0 Å². The zero-order chi connectivity index (χ0) is 30.5. The molecule has 46 heavy (non-hydrogen) atoms. The van der Waals surface area contributed by atoms with Crippen LogP contribution in [0.1, 0.15) is 0 Å². The van der Waals surface area contributed by atoms with Crippen molar-refractivity contribution < 1.29 is 0 Å². The van der Waals surface area contributed by atoms with Gasteiger partial charge >= 0.3 is 0 Å². The van der Waals surface area contributed by atoms with E-state index in [9.17, 15) is 0 Å². The molecule has 2 aromatic heterocycles. The van der Waals surface area contributed by atoms with Gasteiger partial charge in [-0.3, -0.25) is 9.97 Å². The van der Waals surface area contributed by atoms with Crippen molar-refractivity contribution in [2.75, 3.05) is 0 Å². The molecule has 0 bridgehead atoms. The smallest absolute Gasteiger partial charge is 0.0703 e. The van der Waals surface area contributed by atoms with E-state index in [1.807, 2.05) is 18.3 Å². The molecule has 2 heteroatoms. The number of rotatable bonds is 4. The van der Waals surface area contributed by atoms with Crippen molar-refractivity contribution in [1.82, 2.24) is 9.97 Å². The zero-order valence-electron chi connectivity index (χ0n) is 25.1. The van der Waals surface area contributed by atoms with Crippen molar-refractivity contribution in [1.29, 1.82) is 0 Å². The summed E-state index contributed by atoms with van der Waals surface area (Å²) in [6, 6.07) is 55.0. The first-order valence-corrected chi connectivity index (χ1v) is 15.6. The molecule has 0 N–H and O–H groups in total. The van der Waals surface area contributed by atoms with Gasteiger partial charge in [0.25, 0.3) is 0 Å². The second-order valence-electron chi connectivity index (χ2n) is 11.8. The van der Waals surface area contributed by atoms with Gasteiger partial charge in [-0.1, -0.05) is 115 Å². The topological polar surface area (TPSA) is 25.8 Å². The number of aromatic nitrogens is 2. The number of hydrogen-bond donors (Lipinski definition) is 0. The Hall–Kier alpha value is -6.12. The summed E-state index contributed by atoms with van der Waals surface area (Å²) in [7, 11) is 0. The van der Waals surface area contributed by atoms with Crippen molar-refractivity contribution in [3.05, 3.63) is 170 Å². The van der Waals surface area contributed by atoms with E-state index in [-0.39, 0.29) is 0 Å². The molecule has 0 atom stereocenters. The third kappa shape index (κ3) is 4.43. The highest BCUT2D eigenvalue weighted by molar-refractivity contribution is 6.22. The van der Waals surface area contributed by atoms with Gasteiger partial charge < -0.3 is 0 Å². The molecule has 0 saturated carbocycles. The Morgan fingerprint density at radius 3 is 1.46 bits per heavy atom. The highest BCUT2D eigenvalue weighted by Crippen LogP contribution is 2.45. The average Bonchev–Trinajstić information content (AvgIpc) is 3.13. The fraction of sp³-hybridized carbons (Fsp3) is 0. The van der Waals surface area contributed by atoms with Crippen LogP contribution >= 0.6 is 0 Å². The first-order valence-electron chi connectivity index (χ1n) is 15.6. The molecular formula is C44H28N2. The van der Waals surface area contributed by atoms with Gasteiger partial charge in [0.05, 0.1) is 5.69 Å². The number of fused-ring (bicyclic) bond motifs is 4. The van der Waals surface area contributed by atoms with Gasteiger partial charge in [-0.2, -0.15) is 0 Å². The van der Waals surface area contributed by atoms with E-state index in [0.29, 0.717) is 0 Å². The SMILES string of the molecule is c1ccc2cc(-c3c4ccccc4c(-c4ccc5ccccc5c4)c4cc(-c5ccc(-c6ccncc6)nc5)ccc34)ccc2c1. The fourth-order valence-electron chi connectivity index (χ4n) is 6.93. The second kappa shape index (κ2) is 10.8. The minimum absolute atomic E-state index is 0.938. The molecule has 0 aliphatic carbocycles. The van der Waals surface area contributed by atoms with Crippen LogP contribution in [0.25, 0.3) is 87.7 Å². The third-order valence-electron chi connectivity index (χ3n) is 9.17. The van der Waals surface area contributed by atoms with Gasteiger partial charge in [-0.25, -0.2) is 0 Å². The van der Waals surface area contributed by atoms with E-state index in [1.165, 1.54) is 65.3 Å². The predicted octanol–water partition coefficient (Wildman–Crippen LogP) is 11.8. The van der Waals surface area contributed by atoms with Crippen LogP contribution < -0.4 is 0 Å². The Kier molecular flexibility index (Phi) is 6.17. The Bertz CT molecular complexity index is 2570. The lowest BCUT2D eigenvalue weighted by atomic mass is 9.84. The maximum atomic E-state index is 4.84. The van der Waals surface area contributed by atoms with Crippen LogP contribution in [-0.2, 0) is 0 Å². The van der Waals surface area contributed by atoms with Crippen LogP contribution in [0.15, 0.2) is 170 Å². The van der Waals surface area contributed by atoms with E-state index < -0.39 is 0 Å². The largest absolute Gasteiger partial charge is 0.265 e. The summed E-state index contributed by atoms with van der Waals surface area (Å²) in [5, 5.41) is 9.94. The zero-order valence-corrected chi connectivity index (χ0v) is 25.1. The maximum Gasteiger partial charge on any atom is 0.0703 e. The second-order valence-corrected chi connectivity index (χ2v) is 11.8. The molecule has 0 fully saturated rings. The molecule has 9 aromatic rings. The van der Waals surface area contributed by atoms with Crippen molar-refractivity contribution in [2.45, 2.75) is 0 Å². The number of benzene rings is 7. The molecule has 214 valence electrons. The van der Waals surface area contributed by atoms with Crippen LogP contribution in [0, 0.1) is 0 Å². The molecule has 0 saturated heterocycles. The van der Waals surface area contributed by atoms with Gasteiger partial charge in [0, 0.05) is 29.7 Å². The maximum absolute atomic E-state index is 4.84. The lowest BCUT2D eigenvalue weighted by Crippen LogP contribution is -1.92. The molecule has 9 rings (SSSR count). The molecule has 0 spiro atoms. The molecule has 2 heterocycles. The molecule has 0 radical (unpaired) electrons. The summed E-state index contributed by atoms with van der Waals surface area (Å²) in [5.74, 6) is 0. The quantitative estimate of drug-likeness (QED) is 0.192. The van der Waals surface area contributed by atoms with Crippen LogP contribution in [0.4, 0.5) is 0 Å². The minimum atomic E-state index is 0.938. The summed E-state index contributed by atoms with van der Waals surface area (Å²) in [6.07, 6.45) is 5.60. The van der Waals surface area contributed by atoms with Crippen LogP contribution in [0.5, 0.6) is 0 Å². The van der Waals surface area contributed by atoms with E-state index in [4.69, 9.17) is 4.98 Å². The van der Waals surface area contributed by atoms with Crippen molar-refractivity contribution in [3.63, 3.8) is 0 Å². The Labute approximate surface area is 267 Å². The Morgan fingerprint density at radius 2 is 0.848 bits per heavy atom. The van der Waals surface area contributed by atoms with Gasteiger partial charge in [0.1, 0.15) is 0 Å².